The van der Waals surface area contributed by atoms with Crippen LogP contribution >= 0.6 is 24.0 Å². The van der Waals surface area contributed by atoms with Gasteiger partial charge in [-0.25, -0.2) is 4.98 Å². The topological polar surface area (TPSA) is 58.3 Å². The molecule has 6 nitrogen and oxygen atoms in total. The molecule has 2 aromatic rings. The molecule has 1 aromatic carbocycles. The molecular weight excluding hydrogens is 391 g/mol. The molecule has 0 radical (unpaired) electrons. The van der Waals surface area contributed by atoms with Gasteiger partial charge in [-0.1, -0.05) is 24.3 Å². The lowest BCUT2D eigenvalue weighted by molar-refractivity contribution is 0.472. The summed E-state index contributed by atoms with van der Waals surface area (Å²) in [6.45, 7) is 3.53. The van der Waals surface area contributed by atoms with E-state index in [2.05, 4.69) is 56.5 Å². The SMILES string of the molecule is CN=C(NCc1ncnn1C)N(C)Cc1ccccc1C.I. The summed E-state index contributed by atoms with van der Waals surface area (Å²) in [6, 6.07) is 8.38. The molecule has 1 aromatic heterocycles. The molecule has 7 heteroatoms. The average Bonchev–Trinajstić information content (AvgIpc) is 2.88. The second kappa shape index (κ2) is 8.72. The molecule has 0 spiro atoms. The summed E-state index contributed by atoms with van der Waals surface area (Å²) in [7, 11) is 5.69. The highest BCUT2D eigenvalue weighted by atomic mass is 127. The highest BCUT2D eigenvalue weighted by Crippen LogP contribution is 2.09. The number of halogens is 1. The van der Waals surface area contributed by atoms with Crippen molar-refractivity contribution in [2.75, 3.05) is 14.1 Å². The maximum Gasteiger partial charge on any atom is 0.194 e. The number of aryl methyl sites for hydroxylation is 2. The molecule has 0 aliphatic rings. The molecule has 120 valence electrons. The molecule has 1 heterocycles. The Hall–Kier alpha value is -1.64. The Morgan fingerprint density at radius 3 is 2.68 bits per heavy atom. The fourth-order valence-corrected chi connectivity index (χ4v) is 2.14. The van der Waals surface area contributed by atoms with Crippen molar-refractivity contribution < 1.29 is 0 Å². The summed E-state index contributed by atoms with van der Waals surface area (Å²) in [5, 5.41) is 7.36. The summed E-state index contributed by atoms with van der Waals surface area (Å²) in [4.78, 5) is 10.6. The molecule has 22 heavy (non-hydrogen) atoms. The molecule has 2 rings (SSSR count). The van der Waals surface area contributed by atoms with Gasteiger partial charge in [0.15, 0.2) is 5.96 Å². The van der Waals surface area contributed by atoms with E-state index in [1.807, 2.05) is 14.1 Å². The summed E-state index contributed by atoms with van der Waals surface area (Å²) in [5.74, 6) is 1.71. The van der Waals surface area contributed by atoms with E-state index in [9.17, 15) is 0 Å². The minimum atomic E-state index is 0. The Bertz CT molecular complexity index is 622. The molecule has 0 saturated carbocycles. The predicted molar refractivity (Wildman–Crippen MR) is 99.3 cm³/mol. The Morgan fingerprint density at radius 2 is 2.09 bits per heavy atom. The molecule has 0 atom stereocenters. The highest BCUT2D eigenvalue weighted by molar-refractivity contribution is 14.0. The van der Waals surface area contributed by atoms with Gasteiger partial charge in [-0.3, -0.25) is 9.67 Å². The number of nitrogens with zero attached hydrogens (tertiary/aromatic N) is 5. The van der Waals surface area contributed by atoms with Crippen molar-refractivity contribution in [2.45, 2.75) is 20.0 Å². The zero-order chi connectivity index (χ0) is 15.2. The Balaban J connectivity index is 0.00000242. The van der Waals surface area contributed by atoms with Gasteiger partial charge in [-0.15, -0.1) is 24.0 Å². The molecule has 0 saturated heterocycles. The lowest BCUT2D eigenvalue weighted by Crippen LogP contribution is -2.38. The first-order valence-corrected chi connectivity index (χ1v) is 6.91. The van der Waals surface area contributed by atoms with E-state index < -0.39 is 0 Å². The van der Waals surface area contributed by atoms with Gasteiger partial charge < -0.3 is 10.2 Å². The zero-order valence-electron chi connectivity index (χ0n) is 13.4. The summed E-state index contributed by atoms with van der Waals surface area (Å²) in [6.07, 6.45) is 1.55. The van der Waals surface area contributed by atoms with Crippen LogP contribution in [0.3, 0.4) is 0 Å². The fraction of sp³-hybridized carbons (Fsp3) is 0.400. The van der Waals surface area contributed by atoms with Crippen LogP contribution in [0.2, 0.25) is 0 Å². The number of benzene rings is 1. The molecule has 1 N–H and O–H groups in total. The van der Waals surface area contributed by atoms with E-state index in [0.29, 0.717) is 6.54 Å². The van der Waals surface area contributed by atoms with Crippen LogP contribution in [0.15, 0.2) is 35.6 Å². The van der Waals surface area contributed by atoms with Gasteiger partial charge in [0.2, 0.25) is 0 Å². The van der Waals surface area contributed by atoms with E-state index >= 15 is 0 Å². The van der Waals surface area contributed by atoms with Crippen molar-refractivity contribution in [3.8, 4) is 0 Å². The van der Waals surface area contributed by atoms with E-state index in [1.165, 1.54) is 11.1 Å². The molecule has 0 aliphatic heterocycles. The van der Waals surface area contributed by atoms with E-state index in [4.69, 9.17) is 0 Å². The summed E-state index contributed by atoms with van der Waals surface area (Å²) in [5.41, 5.74) is 2.58. The average molecular weight is 414 g/mol. The van der Waals surface area contributed by atoms with Crippen LogP contribution in [-0.4, -0.2) is 39.7 Å². The minimum absolute atomic E-state index is 0. The summed E-state index contributed by atoms with van der Waals surface area (Å²) >= 11 is 0. The second-order valence-electron chi connectivity index (χ2n) is 4.98. The Morgan fingerprint density at radius 1 is 1.36 bits per heavy atom. The maximum atomic E-state index is 4.32. The molecule has 0 unspecified atom stereocenters. The molecule has 0 amide bonds. The monoisotopic (exact) mass is 414 g/mol. The predicted octanol–water partition coefficient (Wildman–Crippen LogP) is 1.95. The minimum Gasteiger partial charge on any atom is -0.349 e. The number of aromatic nitrogens is 3. The van der Waals surface area contributed by atoms with Gasteiger partial charge in [0.1, 0.15) is 12.2 Å². The number of nitrogens with one attached hydrogen (secondary N) is 1. The number of hydrogen-bond donors (Lipinski definition) is 1. The van der Waals surface area contributed by atoms with E-state index in [-0.39, 0.29) is 24.0 Å². The Labute approximate surface area is 148 Å². The highest BCUT2D eigenvalue weighted by Gasteiger charge is 2.09. The van der Waals surface area contributed by atoms with Crippen molar-refractivity contribution in [1.82, 2.24) is 25.0 Å². The third kappa shape index (κ3) is 4.69. The molecular formula is C15H23IN6. The van der Waals surface area contributed by atoms with Gasteiger partial charge in [0, 0.05) is 27.7 Å². The van der Waals surface area contributed by atoms with Gasteiger partial charge in [0.25, 0.3) is 0 Å². The first-order chi connectivity index (χ1) is 10.1. The fourth-order valence-electron chi connectivity index (χ4n) is 2.14. The van der Waals surface area contributed by atoms with Gasteiger partial charge in [-0.2, -0.15) is 5.10 Å². The molecule has 0 aliphatic carbocycles. The first kappa shape index (κ1) is 18.4. The number of aliphatic imine (C=N–C) groups is 1. The van der Waals surface area contributed by atoms with Gasteiger partial charge in [0.05, 0.1) is 6.54 Å². The van der Waals surface area contributed by atoms with Crippen LogP contribution in [0.5, 0.6) is 0 Å². The van der Waals surface area contributed by atoms with Crippen molar-refractivity contribution in [1.29, 1.82) is 0 Å². The third-order valence-corrected chi connectivity index (χ3v) is 3.45. The van der Waals surface area contributed by atoms with Crippen LogP contribution in [0.1, 0.15) is 17.0 Å². The molecule has 0 bridgehead atoms. The van der Waals surface area contributed by atoms with Crippen LogP contribution in [0.25, 0.3) is 0 Å². The standard InChI is InChI=1S/C15H22N6.HI/c1-12-7-5-6-8-13(12)10-20(3)15(16-2)17-9-14-18-11-19-21(14)4;/h5-8,11H,9-10H2,1-4H3,(H,16,17);1H. The first-order valence-electron chi connectivity index (χ1n) is 6.91. The van der Waals surface area contributed by atoms with Crippen LogP contribution in [0.4, 0.5) is 0 Å². The van der Waals surface area contributed by atoms with Crippen LogP contribution in [0, 0.1) is 6.92 Å². The number of hydrogen-bond acceptors (Lipinski definition) is 3. The number of rotatable bonds is 4. The number of guanidine groups is 1. The lowest BCUT2D eigenvalue weighted by Gasteiger charge is -2.22. The van der Waals surface area contributed by atoms with Crippen molar-refractivity contribution in [2.24, 2.45) is 12.0 Å². The second-order valence-corrected chi connectivity index (χ2v) is 4.98. The van der Waals surface area contributed by atoms with E-state index in [1.54, 1.807) is 18.1 Å². The van der Waals surface area contributed by atoms with Crippen LogP contribution < -0.4 is 5.32 Å². The van der Waals surface area contributed by atoms with Gasteiger partial charge in [-0.05, 0) is 18.1 Å². The van der Waals surface area contributed by atoms with Crippen LogP contribution in [-0.2, 0) is 20.1 Å². The largest absolute Gasteiger partial charge is 0.349 e. The van der Waals surface area contributed by atoms with E-state index in [0.717, 1.165) is 18.3 Å². The van der Waals surface area contributed by atoms with Gasteiger partial charge >= 0.3 is 0 Å². The quantitative estimate of drug-likeness (QED) is 0.472. The van der Waals surface area contributed by atoms with Crippen molar-refractivity contribution >= 4 is 29.9 Å². The molecule has 0 fully saturated rings. The van der Waals surface area contributed by atoms with Crippen molar-refractivity contribution in [3.05, 3.63) is 47.5 Å². The Kier molecular flexibility index (Phi) is 7.30. The third-order valence-electron chi connectivity index (χ3n) is 3.45. The zero-order valence-corrected chi connectivity index (χ0v) is 15.8. The lowest BCUT2D eigenvalue weighted by atomic mass is 10.1. The normalized spacial score (nSPS) is 11.0. The maximum absolute atomic E-state index is 4.32. The summed E-state index contributed by atoms with van der Waals surface area (Å²) < 4.78 is 1.75. The smallest absolute Gasteiger partial charge is 0.194 e. The van der Waals surface area contributed by atoms with Crippen molar-refractivity contribution in [3.63, 3.8) is 0 Å².